The predicted molar refractivity (Wildman–Crippen MR) is 156 cm³/mol. The first-order valence-corrected chi connectivity index (χ1v) is 17.0. The van der Waals surface area contributed by atoms with Gasteiger partial charge in [0.15, 0.2) is 23.8 Å². The first-order valence-electron chi connectivity index (χ1n) is 14.0. The molecule has 1 aliphatic heterocycles. The van der Waals surface area contributed by atoms with Crippen LogP contribution in [0.4, 0.5) is 0 Å². The van der Waals surface area contributed by atoms with E-state index in [0.29, 0.717) is 26.1 Å². The van der Waals surface area contributed by atoms with Crippen LogP contribution in [0.25, 0.3) is 0 Å². The molecule has 1 N–H and O–H groups in total. The number of esters is 1. The maximum Gasteiger partial charge on any atom is 0.305 e. The summed E-state index contributed by atoms with van der Waals surface area (Å²) in [7, 11) is -8.95. The van der Waals surface area contributed by atoms with Crippen molar-refractivity contribution in [1.82, 2.24) is 0 Å². The molecule has 42 heavy (non-hydrogen) atoms. The van der Waals surface area contributed by atoms with Gasteiger partial charge in [-0.15, -0.1) is 0 Å². The summed E-state index contributed by atoms with van der Waals surface area (Å²) in [6.07, 6.45) is 2.16. The number of allylic oxidation sites excluding steroid dienone is 1. The van der Waals surface area contributed by atoms with E-state index in [-0.39, 0.29) is 62.1 Å². The van der Waals surface area contributed by atoms with Crippen LogP contribution in [0.3, 0.4) is 0 Å². The Bertz CT molecular complexity index is 1260. The third kappa shape index (κ3) is 9.19. The van der Waals surface area contributed by atoms with Crippen molar-refractivity contribution in [2.45, 2.75) is 58.5 Å². The van der Waals surface area contributed by atoms with E-state index in [0.717, 1.165) is 0 Å². The largest absolute Gasteiger partial charge is 0.463 e. The SMILES string of the molecule is O=C1CCCCCC(S(=O)(=O)c2ccccc2)(S(=O)(=O)c2ccccc2)C/C=C/C(O)COCCOCCOCCO1. The van der Waals surface area contributed by atoms with E-state index >= 15 is 0 Å². The zero-order chi connectivity index (χ0) is 30.3. The van der Waals surface area contributed by atoms with Crippen molar-refractivity contribution < 1.29 is 45.7 Å². The summed E-state index contributed by atoms with van der Waals surface area (Å²) < 4.78 is 76.4. The second-order valence-electron chi connectivity index (χ2n) is 9.82. The molecule has 3 rings (SSSR count). The van der Waals surface area contributed by atoms with Crippen molar-refractivity contribution in [3.63, 3.8) is 0 Å². The fraction of sp³-hybridized carbons (Fsp3) is 0.500. The molecule has 1 aliphatic rings. The second kappa shape index (κ2) is 16.9. The van der Waals surface area contributed by atoms with Crippen molar-refractivity contribution >= 4 is 25.6 Å². The van der Waals surface area contributed by atoms with Crippen LogP contribution in [0.2, 0.25) is 0 Å². The first-order chi connectivity index (χ1) is 20.2. The van der Waals surface area contributed by atoms with Crippen LogP contribution >= 0.6 is 0 Å². The van der Waals surface area contributed by atoms with E-state index < -0.39 is 42.2 Å². The molecule has 0 aliphatic carbocycles. The first kappa shape index (κ1) is 33.9. The van der Waals surface area contributed by atoms with Gasteiger partial charge in [-0.05, 0) is 37.1 Å². The molecule has 0 radical (unpaired) electrons. The van der Waals surface area contributed by atoms with Gasteiger partial charge in [-0.1, -0.05) is 61.4 Å². The van der Waals surface area contributed by atoms with Crippen LogP contribution in [0.5, 0.6) is 0 Å². The van der Waals surface area contributed by atoms with Crippen molar-refractivity contribution in [3.8, 4) is 0 Å². The number of sulfone groups is 2. The van der Waals surface area contributed by atoms with Gasteiger partial charge in [0, 0.05) is 12.8 Å². The highest BCUT2D eigenvalue weighted by molar-refractivity contribution is 8.10. The molecular formula is C30H40O10S2. The van der Waals surface area contributed by atoms with E-state index in [1.807, 2.05) is 0 Å². The average Bonchev–Trinajstić information content (AvgIpc) is 2.99. The lowest BCUT2D eigenvalue weighted by molar-refractivity contribution is -0.145. The Labute approximate surface area is 248 Å². The molecular weight excluding hydrogens is 584 g/mol. The van der Waals surface area contributed by atoms with Gasteiger partial charge in [-0.3, -0.25) is 4.79 Å². The monoisotopic (exact) mass is 624 g/mol. The quantitative estimate of drug-likeness (QED) is 0.397. The maximum atomic E-state index is 14.3. The number of aliphatic hydroxyl groups excluding tert-OH is 1. The van der Waals surface area contributed by atoms with Gasteiger partial charge in [0.05, 0.1) is 55.5 Å². The fourth-order valence-corrected chi connectivity index (χ4v) is 9.67. The molecule has 0 fully saturated rings. The Morgan fingerprint density at radius 3 is 1.79 bits per heavy atom. The van der Waals surface area contributed by atoms with E-state index in [1.165, 1.54) is 36.4 Å². The number of cyclic esters (lactones) is 1. The minimum Gasteiger partial charge on any atom is -0.463 e. The highest BCUT2D eigenvalue weighted by Crippen LogP contribution is 2.42. The molecule has 2 aromatic carbocycles. The van der Waals surface area contributed by atoms with Crippen LogP contribution in [-0.4, -0.2) is 84.3 Å². The summed E-state index contributed by atoms with van der Waals surface area (Å²) in [6, 6.07) is 15.0. The summed E-state index contributed by atoms with van der Waals surface area (Å²) in [5.74, 6) is -0.411. The third-order valence-corrected chi connectivity index (χ3v) is 12.6. The number of carbonyl (C=O) groups excluding carboxylic acids is 1. The lowest BCUT2D eigenvalue weighted by Gasteiger charge is -2.32. The summed E-state index contributed by atoms with van der Waals surface area (Å²) in [5.41, 5.74) is 0. The van der Waals surface area contributed by atoms with Crippen molar-refractivity contribution in [1.29, 1.82) is 0 Å². The molecule has 0 saturated heterocycles. The number of ether oxygens (including phenoxy) is 4. The molecule has 0 saturated carbocycles. The number of hydrogen-bond donors (Lipinski definition) is 1. The molecule has 12 heteroatoms. The zero-order valence-corrected chi connectivity index (χ0v) is 25.3. The molecule has 0 spiro atoms. The van der Waals surface area contributed by atoms with Gasteiger partial charge in [-0.25, -0.2) is 16.8 Å². The minimum atomic E-state index is -4.48. The van der Waals surface area contributed by atoms with Gasteiger partial charge in [-0.2, -0.15) is 0 Å². The Morgan fingerprint density at radius 2 is 1.21 bits per heavy atom. The lowest BCUT2D eigenvalue weighted by Crippen LogP contribution is -2.46. The number of hydrogen-bond acceptors (Lipinski definition) is 10. The second-order valence-corrected chi connectivity index (χ2v) is 14.6. The highest BCUT2D eigenvalue weighted by Gasteiger charge is 2.54. The fourth-order valence-electron chi connectivity index (χ4n) is 4.59. The number of carbonyl (C=O) groups is 1. The normalized spacial score (nSPS) is 22.1. The Hall–Kier alpha value is -2.61. The number of rotatable bonds is 4. The molecule has 1 unspecified atom stereocenters. The smallest absolute Gasteiger partial charge is 0.305 e. The van der Waals surface area contributed by atoms with Crippen LogP contribution < -0.4 is 0 Å². The number of benzene rings is 2. The van der Waals surface area contributed by atoms with E-state index in [9.17, 15) is 26.7 Å². The van der Waals surface area contributed by atoms with Crippen LogP contribution in [0.15, 0.2) is 82.6 Å². The van der Waals surface area contributed by atoms with E-state index in [1.54, 1.807) is 36.4 Å². The van der Waals surface area contributed by atoms with Crippen LogP contribution in [0.1, 0.15) is 38.5 Å². The Kier molecular flexibility index (Phi) is 13.6. The topological polar surface area (TPSA) is 142 Å². The highest BCUT2D eigenvalue weighted by atomic mass is 32.3. The molecule has 2 aromatic rings. The Balaban J connectivity index is 1.97. The van der Waals surface area contributed by atoms with Gasteiger partial charge < -0.3 is 24.1 Å². The Morgan fingerprint density at radius 1 is 0.690 bits per heavy atom. The summed E-state index contributed by atoms with van der Waals surface area (Å²) in [4.78, 5) is 11.9. The summed E-state index contributed by atoms with van der Waals surface area (Å²) in [5, 5.41) is 10.4. The molecule has 232 valence electrons. The molecule has 1 atom stereocenters. The van der Waals surface area contributed by atoms with Crippen molar-refractivity contribution in [2.24, 2.45) is 0 Å². The van der Waals surface area contributed by atoms with Gasteiger partial charge in [0.25, 0.3) is 0 Å². The predicted octanol–water partition coefficient (Wildman–Crippen LogP) is 3.49. The molecule has 0 amide bonds. The lowest BCUT2D eigenvalue weighted by atomic mass is 10.1. The minimum absolute atomic E-state index is 0.0778. The van der Waals surface area contributed by atoms with Gasteiger partial charge in [0.1, 0.15) is 6.61 Å². The van der Waals surface area contributed by atoms with Crippen LogP contribution in [-0.2, 0) is 43.4 Å². The third-order valence-electron chi connectivity index (χ3n) is 6.84. The van der Waals surface area contributed by atoms with Crippen molar-refractivity contribution in [2.75, 3.05) is 46.2 Å². The van der Waals surface area contributed by atoms with E-state index in [4.69, 9.17) is 18.9 Å². The average molecular weight is 625 g/mol. The molecule has 1 heterocycles. The van der Waals surface area contributed by atoms with Gasteiger partial charge in [0.2, 0.25) is 0 Å². The standard InChI is InChI=1S/C30H40O10S2/c31-26-11-10-18-30(41(33,34)27-12-4-1-5-13-27,42(35,36)28-14-6-2-7-15-28)17-9-3-8-16-29(32)40-24-23-38-20-19-37-21-22-39-25-26/h1-2,4-7,10-15,26,31H,3,8-9,16-25H2/b11-10+. The maximum absolute atomic E-state index is 14.3. The number of aliphatic hydroxyl groups is 1. The summed E-state index contributed by atoms with van der Waals surface area (Å²) >= 11 is 0. The zero-order valence-electron chi connectivity index (χ0n) is 23.6. The molecule has 10 nitrogen and oxygen atoms in total. The summed E-state index contributed by atoms with van der Waals surface area (Å²) in [6.45, 7) is 1.38. The molecule has 0 bridgehead atoms. The van der Waals surface area contributed by atoms with E-state index in [2.05, 4.69) is 0 Å². The van der Waals surface area contributed by atoms with Crippen LogP contribution in [0, 0.1) is 0 Å². The van der Waals surface area contributed by atoms with Gasteiger partial charge >= 0.3 is 5.97 Å². The van der Waals surface area contributed by atoms with Crippen molar-refractivity contribution in [3.05, 3.63) is 72.8 Å². The molecule has 0 aromatic heterocycles.